The summed E-state index contributed by atoms with van der Waals surface area (Å²) >= 11 is 0. The summed E-state index contributed by atoms with van der Waals surface area (Å²) in [5, 5.41) is 11.6. The van der Waals surface area contributed by atoms with Crippen molar-refractivity contribution in [2.75, 3.05) is 13.6 Å². The minimum atomic E-state index is 0.249. The molecular formula is C9H15N5. The van der Waals surface area contributed by atoms with Crippen LogP contribution in [0, 0.1) is 0 Å². The van der Waals surface area contributed by atoms with Crippen LogP contribution in [0.4, 0.5) is 0 Å². The van der Waals surface area contributed by atoms with E-state index in [4.69, 9.17) is 0 Å². The molecule has 0 aliphatic carbocycles. The fourth-order valence-electron chi connectivity index (χ4n) is 1.74. The first-order chi connectivity index (χ1) is 6.83. The van der Waals surface area contributed by atoms with Crippen molar-refractivity contribution in [2.24, 2.45) is 4.99 Å². The average molecular weight is 193 g/mol. The highest BCUT2D eigenvalue weighted by molar-refractivity contribution is 5.65. The number of nitrogens with one attached hydrogen (secondary N) is 1. The molecule has 1 aromatic rings. The largest absolute Gasteiger partial charge is 0.312 e. The molecule has 5 nitrogen and oxygen atoms in total. The molecule has 0 bridgehead atoms. The van der Waals surface area contributed by atoms with Crippen molar-refractivity contribution in [2.45, 2.75) is 25.9 Å². The Morgan fingerprint density at radius 3 is 3.21 bits per heavy atom. The Balaban J connectivity index is 2.30. The summed E-state index contributed by atoms with van der Waals surface area (Å²) in [7, 11) is 1.78. The van der Waals surface area contributed by atoms with Crippen LogP contribution in [-0.2, 0) is 13.1 Å². The van der Waals surface area contributed by atoms with E-state index in [-0.39, 0.29) is 5.92 Å². The molecule has 0 fully saturated rings. The molecule has 1 N–H and O–H groups in total. The maximum Gasteiger partial charge on any atom is 0.147 e. The van der Waals surface area contributed by atoms with Crippen LogP contribution in [-0.4, -0.2) is 34.6 Å². The van der Waals surface area contributed by atoms with Gasteiger partial charge in [0.05, 0.1) is 12.5 Å². The lowest BCUT2D eigenvalue weighted by atomic mass is 10.2. The van der Waals surface area contributed by atoms with E-state index in [0.29, 0.717) is 0 Å². The van der Waals surface area contributed by atoms with E-state index in [9.17, 15) is 0 Å². The number of aliphatic imine (C=N–C) groups is 1. The lowest BCUT2D eigenvalue weighted by Crippen LogP contribution is -2.29. The summed E-state index contributed by atoms with van der Waals surface area (Å²) in [5.41, 5.74) is 0. The zero-order valence-corrected chi connectivity index (χ0v) is 8.56. The first kappa shape index (κ1) is 9.33. The number of fused-ring (bicyclic) bond motifs is 1. The van der Waals surface area contributed by atoms with E-state index < -0.39 is 0 Å². The predicted molar refractivity (Wildman–Crippen MR) is 54.6 cm³/mol. The molecular weight excluding hydrogens is 178 g/mol. The molecule has 0 amide bonds. The lowest BCUT2D eigenvalue weighted by molar-refractivity contribution is 0.492. The molecule has 76 valence electrons. The minimum absolute atomic E-state index is 0.249. The topological polar surface area (TPSA) is 55.1 Å². The molecule has 1 atom stereocenters. The van der Waals surface area contributed by atoms with Gasteiger partial charge in [-0.1, -0.05) is 6.92 Å². The van der Waals surface area contributed by atoms with Gasteiger partial charge in [-0.2, -0.15) is 0 Å². The number of aromatic nitrogens is 3. The zero-order valence-electron chi connectivity index (χ0n) is 8.56. The van der Waals surface area contributed by atoms with Gasteiger partial charge in [-0.05, 0) is 0 Å². The van der Waals surface area contributed by atoms with Gasteiger partial charge in [0, 0.05) is 26.4 Å². The van der Waals surface area contributed by atoms with Gasteiger partial charge in [-0.3, -0.25) is 0 Å². The molecule has 14 heavy (non-hydrogen) atoms. The van der Waals surface area contributed by atoms with Gasteiger partial charge in [-0.25, -0.2) is 0 Å². The number of hydrogen-bond donors (Lipinski definition) is 1. The summed E-state index contributed by atoms with van der Waals surface area (Å²) in [6, 6.07) is 0. The van der Waals surface area contributed by atoms with Gasteiger partial charge in [0.25, 0.3) is 0 Å². The molecule has 2 rings (SSSR count). The highest BCUT2D eigenvalue weighted by Crippen LogP contribution is 2.13. The van der Waals surface area contributed by atoms with E-state index in [0.717, 1.165) is 31.3 Å². The Kier molecular flexibility index (Phi) is 2.58. The fourth-order valence-corrected chi connectivity index (χ4v) is 1.74. The monoisotopic (exact) mass is 193 g/mol. The second kappa shape index (κ2) is 3.88. The Morgan fingerprint density at radius 1 is 1.57 bits per heavy atom. The van der Waals surface area contributed by atoms with E-state index >= 15 is 0 Å². The Hall–Kier alpha value is -1.23. The second-order valence-corrected chi connectivity index (χ2v) is 3.50. The second-order valence-electron chi connectivity index (χ2n) is 3.50. The molecule has 1 aliphatic rings. The van der Waals surface area contributed by atoms with E-state index in [1.54, 1.807) is 7.05 Å². The Morgan fingerprint density at radius 2 is 2.43 bits per heavy atom. The molecule has 1 unspecified atom stereocenters. The van der Waals surface area contributed by atoms with Crippen molar-refractivity contribution in [1.82, 2.24) is 20.1 Å². The highest BCUT2D eigenvalue weighted by atomic mass is 15.3. The van der Waals surface area contributed by atoms with Gasteiger partial charge in [0.2, 0.25) is 0 Å². The van der Waals surface area contributed by atoms with Crippen LogP contribution >= 0.6 is 0 Å². The van der Waals surface area contributed by atoms with Crippen LogP contribution in [0.2, 0.25) is 0 Å². The molecule has 0 spiro atoms. The van der Waals surface area contributed by atoms with Crippen LogP contribution in [0.15, 0.2) is 4.99 Å². The van der Waals surface area contributed by atoms with Crippen LogP contribution in [0.3, 0.4) is 0 Å². The van der Waals surface area contributed by atoms with Crippen LogP contribution in [0.5, 0.6) is 0 Å². The van der Waals surface area contributed by atoms with Gasteiger partial charge in [0.1, 0.15) is 11.6 Å². The number of nitrogens with zero attached hydrogens (tertiary/aromatic N) is 4. The van der Waals surface area contributed by atoms with Gasteiger partial charge < -0.3 is 14.9 Å². The van der Waals surface area contributed by atoms with Crippen molar-refractivity contribution < 1.29 is 0 Å². The SMILES string of the molecule is CN=CC(C)c1nnc2n1CCNC2. The molecule has 0 saturated heterocycles. The summed E-state index contributed by atoms with van der Waals surface area (Å²) in [4.78, 5) is 4.02. The normalized spacial score (nSPS) is 18.4. The maximum atomic E-state index is 4.20. The Labute approximate surface area is 83.3 Å². The minimum Gasteiger partial charge on any atom is -0.312 e. The zero-order chi connectivity index (χ0) is 9.97. The quantitative estimate of drug-likeness (QED) is 0.682. The van der Waals surface area contributed by atoms with Crippen molar-refractivity contribution in [3.63, 3.8) is 0 Å². The molecule has 0 aromatic carbocycles. The molecule has 0 saturated carbocycles. The van der Waals surface area contributed by atoms with Crippen LogP contribution in [0.1, 0.15) is 24.5 Å². The highest BCUT2D eigenvalue weighted by Gasteiger charge is 2.18. The number of rotatable bonds is 2. The van der Waals surface area contributed by atoms with Crippen molar-refractivity contribution in [3.8, 4) is 0 Å². The lowest BCUT2D eigenvalue weighted by Gasteiger charge is -2.17. The third-order valence-electron chi connectivity index (χ3n) is 2.43. The third kappa shape index (κ3) is 1.55. The van der Waals surface area contributed by atoms with Gasteiger partial charge in [0.15, 0.2) is 0 Å². The van der Waals surface area contributed by atoms with Gasteiger partial charge in [-0.15, -0.1) is 10.2 Å². The summed E-state index contributed by atoms with van der Waals surface area (Å²) < 4.78 is 2.18. The van der Waals surface area contributed by atoms with Crippen molar-refractivity contribution in [1.29, 1.82) is 0 Å². The predicted octanol–water partition coefficient (Wildman–Crippen LogP) is 0.185. The number of hydrogen-bond acceptors (Lipinski definition) is 4. The molecule has 0 radical (unpaired) electrons. The van der Waals surface area contributed by atoms with Gasteiger partial charge >= 0.3 is 0 Å². The average Bonchev–Trinajstić information content (AvgIpc) is 2.61. The first-order valence-electron chi connectivity index (χ1n) is 4.88. The van der Waals surface area contributed by atoms with Crippen molar-refractivity contribution >= 4 is 6.21 Å². The summed E-state index contributed by atoms with van der Waals surface area (Å²) in [6.45, 7) is 4.86. The van der Waals surface area contributed by atoms with E-state index in [1.807, 2.05) is 6.21 Å². The fraction of sp³-hybridized carbons (Fsp3) is 0.667. The molecule has 2 heterocycles. The maximum absolute atomic E-state index is 4.20. The summed E-state index contributed by atoms with van der Waals surface area (Å²) in [5.74, 6) is 2.30. The van der Waals surface area contributed by atoms with E-state index in [1.165, 1.54) is 0 Å². The first-order valence-corrected chi connectivity index (χ1v) is 4.88. The van der Waals surface area contributed by atoms with Crippen LogP contribution < -0.4 is 5.32 Å². The van der Waals surface area contributed by atoms with E-state index in [2.05, 4.69) is 32.0 Å². The molecule has 5 heteroatoms. The standard InChI is InChI=1S/C9H15N5/c1-7(5-10-2)9-13-12-8-6-11-3-4-14(8)9/h5,7,11H,3-4,6H2,1-2H3. The third-order valence-corrected chi connectivity index (χ3v) is 2.43. The van der Waals surface area contributed by atoms with Crippen molar-refractivity contribution in [3.05, 3.63) is 11.6 Å². The summed E-state index contributed by atoms with van der Waals surface area (Å²) in [6.07, 6.45) is 1.90. The smallest absolute Gasteiger partial charge is 0.147 e. The molecule has 1 aromatic heterocycles. The Bertz CT molecular complexity index is 341. The van der Waals surface area contributed by atoms with Crippen LogP contribution in [0.25, 0.3) is 0 Å². The molecule has 1 aliphatic heterocycles.